The summed E-state index contributed by atoms with van der Waals surface area (Å²) >= 11 is 1.55. The van der Waals surface area contributed by atoms with E-state index in [4.69, 9.17) is 18.9 Å². The van der Waals surface area contributed by atoms with Crippen molar-refractivity contribution in [1.82, 2.24) is 40.3 Å². The van der Waals surface area contributed by atoms with Gasteiger partial charge in [0.25, 0.3) is 11.5 Å². The largest absolute Gasteiger partial charge is 0.496 e. The van der Waals surface area contributed by atoms with Crippen LogP contribution in [0.25, 0.3) is 21.3 Å². The minimum atomic E-state index is -4.29. The van der Waals surface area contributed by atoms with Crippen LogP contribution in [0.15, 0.2) is 58.8 Å². The number of nitrogens with zero attached hydrogens (tertiary/aromatic N) is 4. The lowest BCUT2D eigenvalue weighted by atomic mass is 9.85. The highest BCUT2D eigenvalue weighted by atomic mass is 32.1. The number of piperidine rings is 1. The number of H-pyrrole nitrogens is 1. The van der Waals surface area contributed by atoms with E-state index in [2.05, 4.69) is 25.9 Å². The number of likely N-dealkylation sites (tertiary alicyclic amines) is 2. The van der Waals surface area contributed by atoms with E-state index in [1.54, 1.807) is 62.7 Å². The van der Waals surface area contributed by atoms with Crippen LogP contribution in [0.4, 0.5) is 13.2 Å². The number of amides is 4. The summed E-state index contributed by atoms with van der Waals surface area (Å²) in [6.07, 6.45) is -4.09. The fraction of sp³-hybridized carbons (Fsp3) is 0.536. The molecule has 7 rings (SSSR count). The number of pyridine rings is 1. The first-order valence-electron chi connectivity index (χ1n) is 26.3. The number of β-amino-alcohol motifs (C(OH)–C–C–N with tert-alkyl or cyclic N) is 1. The zero-order valence-electron chi connectivity index (χ0n) is 45.8. The molecule has 2 aliphatic rings. The van der Waals surface area contributed by atoms with Gasteiger partial charge in [0.05, 0.1) is 84.9 Å². The summed E-state index contributed by atoms with van der Waals surface area (Å²) in [5, 5.41) is 20.0. The third-order valence-corrected chi connectivity index (χ3v) is 15.6. The lowest BCUT2D eigenvalue weighted by Crippen LogP contribution is -2.58. The smallest absolute Gasteiger partial charge is 0.401 e. The molecule has 0 saturated carbocycles. The highest BCUT2D eigenvalue weighted by molar-refractivity contribution is 7.13. The quantitative estimate of drug-likeness (QED) is 0.0446. The number of aryl methyl sites for hydroxylation is 2. The first kappa shape index (κ1) is 59.3. The van der Waals surface area contributed by atoms with Crippen molar-refractivity contribution in [2.75, 3.05) is 66.3 Å². The first-order valence-corrected chi connectivity index (χ1v) is 27.2. The summed E-state index contributed by atoms with van der Waals surface area (Å²) in [6.45, 7) is 14.3. The van der Waals surface area contributed by atoms with Gasteiger partial charge in [-0.15, -0.1) is 11.3 Å². The monoisotopic (exact) mass is 1110 g/mol. The maximum atomic E-state index is 14.2. The zero-order valence-corrected chi connectivity index (χ0v) is 46.6. The highest BCUT2D eigenvalue weighted by Gasteiger charge is 2.45. The molecule has 5 aromatic rings. The molecule has 5 heterocycles. The SMILES string of the molecule is COc1cc(C)[nH]c(=O)c1CNC(=O)c1c(C)n([C@@H](C)C2CCN(CC(F)(F)F)CC2)c2cc(OCCOCCOCC(=O)NC(C(=O)N3C[C@H](O)C[C@H]3C(=O)N[C@@H](C)c3ccc(-c4scnc4C)cc3)C(C)(C)C)ccc12. The number of hydrogen-bond acceptors (Lipinski definition) is 13. The van der Waals surface area contributed by atoms with Gasteiger partial charge in [0.15, 0.2) is 0 Å². The van der Waals surface area contributed by atoms with Crippen LogP contribution < -0.4 is 31.0 Å². The van der Waals surface area contributed by atoms with E-state index in [1.807, 2.05) is 62.6 Å². The van der Waals surface area contributed by atoms with E-state index in [0.717, 1.165) is 21.7 Å². The van der Waals surface area contributed by atoms with Crippen LogP contribution in [0.1, 0.15) is 105 Å². The maximum absolute atomic E-state index is 14.2. The molecule has 18 nitrogen and oxygen atoms in total. The molecule has 78 heavy (non-hydrogen) atoms. The Morgan fingerprint density at radius 3 is 2.28 bits per heavy atom. The fourth-order valence-electron chi connectivity index (χ4n) is 10.5. The minimum Gasteiger partial charge on any atom is -0.496 e. The molecule has 2 aliphatic heterocycles. The van der Waals surface area contributed by atoms with Crippen molar-refractivity contribution in [2.45, 2.75) is 118 Å². The molecule has 2 saturated heterocycles. The number of ether oxygens (including phenoxy) is 4. The number of aromatic nitrogens is 3. The molecule has 1 unspecified atom stereocenters. The van der Waals surface area contributed by atoms with E-state index < -0.39 is 60.0 Å². The zero-order chi connectivity index (χ0) is 56.6. The molecule has 5 N–H and O–H groups in total. The third kappa shape index (κ3) is 14.7. The van der Waals surface area contributed by atoms with Crippen molar-refractivity contribution in [2.24, 2.45) is 11.3 Å². The number of rotatable bonds is 22. The van der Waals surface area contributed by atoms with Crippen LogP contribution in [0, 0.1) is 32.1 Å². The average Bonchev–Trinajstić information content (AvgIpc) is 4.30. The molecule has 0 radical (unpaired) electrons. The number of halogens is 3. The van der Waals surface area contributed by atoms with E-state index in [9.17, 15) is 42.3 Å². The van der Waals surface area contributed by atoms with E-state index in [-0.39, 0.29) is 81.7 Å². The van der Waals surface area contributed by atoms with Gasteiger partial charge < -0.3 is 54.5 Å². The lowest BCUT2D eigenvalue weighted by molar-refractivity contribution is -0.149. The fourth-order valence-corrected chi connectivity index (χ4v) is 11.3. The second kappa shape index (κ2) is 25.6. The molecule has 5 atom stereocenters. The van der Waals surface area contributed by atoms with Crippen molar-refractivity contribution >= 4 is 45.9 Å². The molecule has 424 valence electrons. The number of alkyl halides is 3. The lowest BCUT2D eigenvalue weighted by Gasteiger charge is -2.36. The molecule has 3 aromatic heterocycles. The second-order valence-corrected chi connectivity index (χ2v) is 22.2. The third-order valence-electron chi connectivity index (χ3n) is 14.6. The summed E-state index contributed by atoms with van der Waals surface area (Å²) < 4.78 is 64.6. The molecule has 0 spiro atoms. The number of carbonyl (C=O) groups is 4. The maximum Gasteiger partial charge on any atom is 0.401 e. The Hall–Kier alpha value is -6.33. The normalized spacial score (nSPS) is 17.7. The number of aliphatic hydroxyl groups is 1. The number of benzene rings is 2. The predicted molar refractivity (Wildman–Crippen MR) is 290 cm³/mol. The van der Waals surface area contributed by atoms with E-state index >= 15 is 0 Å². The Morgan fingerprint density at radius 1 is 0.936 bits per heavy atom. The number of carbonyl (C=O) groups excluding carboxylic acids is 4. The number of aliphatic hydroxyl groups excluding tert-OH is 1. The molecule has 22 heteroatoms. The molecule has 0 bridgehead atoms. The van der Waals surface area contributed by atoms with Crippen LogP contribution in [0.5, 0.6) is 11.5 Å². The Kier molecular flexibility index (Phi) is 19.5. The number of aromatic amines is 1. The highest BCUT2D eigenvalue weighted by Crippen LogP contribution is 2.38. The van der Waals surface area contributed by atoms with Crippen LogP contribution >= 0.6 is 11.3 Å². The van der Waals surface area contributed by atoms with Gasteiger partial charge in [-0.3, -0.25) is 28.9 Å². The first-order chi connectivity index (χ1) is 36.9. The van der Waals surface area contributed by atoms with Gasteiger partial charge >= 0.3 is 6.18 Å². The van der Waals surface area contributed by atoms with Gasteiger partial charge in [-0.1, -0.05) is 45.0 Å². The topological polar surface area (TPSA) is 219 Å². The number of fused-ring (bicyclic) bond motifs is 1. The molecule has 4 amide bonds. The van der Waals surface area contributed by atoms with Gasteiger partial charge in [-0.25, -0.2) is 4.98 Å². The average molecular weight is 1110 g/mol. The number of nitrogens with one attached hydrogen (secondary N) is 4. The van der Waals surface area contributed by atoms with Gasteiger partial charge in [0.2, 0.25) is 17.7 Å². The number of hydrogen-bond donors (Lipinski definition) is 5. The van der Waals surface area contributed by atoms with Crippen molar-refractivity contribution in [1.29, 1.82) is 0 Å². The Labute approximate surface area is 456 Å². The van der Waals surface area contributed by atoms with Crippen LogP contribution in [-0.4, -0.2) is 144 Å². The molecular formula is C56H73F3N8O10S. The van der Waals surface area contributed by atoms with Crippen molar-refractivity contribution < 1.29 is 56.4 Å². The summed E-state index contributed by atoms with van der Waals surface area (Å²) in [5.74, 6) is -1.01. The predicted octanol–water partition coefficient (Wildman–Crippen LogP) is 6.93. The van der Waals surface area contributed by atoms with Crippen molar-refractivity contribution in [3.8, 4) is 21.9 Å². The van der Waals surface area contributed by atoms with Crippen LogP contribution in [0.3, 0.4) is 0 Å². The molecular weight excluding hydrogens is 1030 g/mol. The summed E-state index contributed by atoms with van der Waals surface area (Å²) in [6, 6.07) is 12.3. The van der Waals surface area contributed by atoms with E-state index in [1.165, 1.54) is 16.9 Å². The molecule has 2 aromatic carbocycles. The summed E-state index contributed by atoms with van der Waals surface area (Å²) in [5.41, 5.74) is 6.09. The Balaban J connectivity index is 0.909. The van der Waals surface area contributed by atoms with E-state index in [0.29, 0.717) is 65.3 Å². The van der Waals surface area contributed by atoms with Gasteiger partial charge in [0, 0.05) is 41.8 Å². The van der Waals surface area contributed by atoms with Gasteiger partial charge in [-0.05, 0) is 101 Å². The summed E-state index contributed by atoms with van der Waals surface area (Å²) in [4.78, 5) is 78.9. The standard InChI is InChI=1S/C56H73F3N8O10S/c1-32-24-46(74-9)43(51(70)62-32)27-60-53(72)48-36(5)67(35(4)38-16-18-65(19-17-38)30-56(57,58)59)44-26-41(14-15-42(44)48)77-23-22-75-20-21-76-29-47(69)64-50(55(6,7)8)54(73)66-28-40(68)25-45(66)52(71)63-33(2)37-10-12-39(13-11-37)49-34(3)61-31-78-49/h10-15,24,26,31,33,35,38,40,45,50,68H,16-23,25,27-30H2,1-9H3,(H,60,72)(H,62,70)(H,63,71)(H,64,69)/t33-,35-,40+,45-,50?/m0/s1. The minimum absolute atomic E-state index is 0.0196. The van der Waals surface area contributed by atoms with Gasteiger partial charge in [0.1, 0.15) is 36.8 Å². The van der Waals surface area contributed by atoms with Crippen LogP contribution in [0.2, 0.25) is 0 Å². The summed E-state index contributed by atoms with van der Waals surface area (Å²) in [7, 11) is 1.45. The Bertz CT molecular complexity index is 2960. The van der Waals surface area contributed by atoms with Crippen LogP contribution in [-0.2, 0) is 30.4 Å². The van der Waals surface area contributed by atoms with Crippen molar-refractivity contribution in [3.63, 3.8) is 0 Å². The van der Waals surface area contributed by atoms with Gasteiger partial charge in [-0.2, -0.15) is 13.2 Å². The molecule has 0 aliphatic carbocycles. The number of methoxy groups -OCH3 is 1. The molecule has 2 fully saturated rings. The number of thiazole rings is 1. The second-order valence-electron chi connectivity index (χ2n) is 21.4. The Morgan fingerprint density at radius 2 is 1.63 bits per heavy atom. The van der Waals surface area contributed by atoms with Crippen molar-refractivity contribution in [3.05, 3.63) is 98.2 Å².